The Kier molecular flexibility index (Phi) is 4.67. The Hall–Kier alpha value is -0.820. The van der Waals surface area contributed by atoms with Crippen molar-refractivity contribution in [2.75, 3.05) is 20.3 Å². The van der Waals surface area contributed by atoms with Gasteiger partial charge < -0.3 is 9.47 Å². The van der Waals surface area contributed by atoms with E-state index in [1.807, 2.05) is 0 Å². The molecule has 0 bridgehead atoms. The second kappa shape index (κ2) is 6.09. The Balaban J connectivity index is 2.10. The van der Waals surface area contributed by atoms with Crippen LogP contribution in [0.25, 0.3) is 0 Å². The first-order valence-electron chi connectivity index (χ1n) is 5.98. The number of halogens is 1. The first-order valence-corrected chi connectivity index (χ1v) is 7.84. The van der Waals surface area contributed by atoms with Gasteiger partial charge in [0, 0.05) is 19.2 Å². The second-order valence-electron chi connectivity index (χ2n) is 4.28. The molecule has 1 unspecified atom stereocenters. The van der Waals surface area contributed by atoms with Gasteiger partial charge in [-0.25, -0.2) is 13.1 Å². The third-order valence-corrected chi connectivity index (χ3v) is 4.86. The summed E-state index contributed by atoms with van der Waals surface area (Å²) in [4.78, 5) is 0.0490. The number of sulfonamides is 1. The number of nitrogens with one attached hydrogen (secondary N) is 1. The number of hydrogen-bond donors (Lipinski definition) is 1. The van der Waals surface area contributed by atoms with E-state index in [2.05, 4.69) is 4.72 Å². The fraction of sp³-hybridized carbons (Fsp3) is 0.500. The van der Waals surface area contributed by atoms with Gasteiger partial charge in [-0.1, -0.05) is 11.6 Å². The lowest BCUT2D eigenvalue weighted by Gasteiger charge is -2.12. The molecule has 0 aliphatic carbocycles. The Morgan fingerprint density at radius 3 is 2.89 bits per heavy atom. The van der Waals surface area contributed by atoms with Crippen LogP contribution >= 0.6 is 11.6 Å². The van der Waals surface area contributed by atoms with E-state index < -0.39 is 10.0 Å². The average Bonchev–Trinajstić information content (AvgIpc) is 2.89. The molecule has 0 amide bonds. The van der Waals surface area contributed by atoms with Crippen LogP contribution in [0, 0.1) is 0 Å². The van der Waals surface area contributed by atoms with Gasteiger partial charge in [0.15, 0.2) is 0 Å². The van der Waals surface area contributed by atoms with Gasteiger partial charge in [0.2, 0.25) is 10.0 Å². The number of hydrogen-bond acceptors (Lipinski definition) is 4. The molecule has 1 N–H and O–H groups in total. The van der Waals surface area contributed by atoms with Crippen LogP contribution in [0.2, 0.25) is 5.02 Å². The average molecular weight is 306 g/mol. The third-order valence-electron chi connectivity index (χ3n) is 2.95. The van der Waals surface area contributed by atoms with E-state index in [9.17, 15) is 8.42 Å². The standard InChI is InChI=1S/C12H16ClNO4S/c1-17-9-4-5-12(11(13)7-9)19(15,16)14-8-10-3-2-6-18-10/h4-5,7,10,14H,2-3,6,8H2,1H3. The molecule has 7 heteroatoms. The highest BCUT2D eigenvalue weighted by atomic mass is 35.5. The maximum Gasteiger partial charge on any atom is 0.242 e. The molecule has 1 saturated heterocycles. The SMILES string of the molecule is COc1ccc(S(=O)(=O)NCC2CCCO2)c(Cl)c1. The van der Waals surface area contributed by atoms with E-state index in [4.69, 9.17) is 21.1 Å². The summed E-state index contributed by atoms with van der Waals surface area (Å²) >= 11 is 5.96. The predicted octanol–water partition coefficient (Wildman–Crippen LogP) is 1.81. The second-order valence-corrected chi connectivity index (χ2v) is 6.43. The molecular weight excluding hydrogens is 290 g/mol. The molecule has 5 nitrogen and oxygen atoms in total. The summed E-state index contributed by atoms with van der Waals surface area (Å²) in [7, 11) is -2.13. The minimum atomic E-state index is -3.62. The summed E-state index contributed by atoms with van der Waals surface area (Å²) < 4.78 is 37.1. The molecule has 19 heavy (non-hydrogen) atoms. The minimum absolute atomic E-state index is 0.0490. The number of rotatable bonds is 5. The lowest BCUT2D eigenvalue weighted by Crippen LogP contribution is -2.32. The lowest BCUT2D eigenvalue weighted by molar-refractivity contribution is 0.114. The Morgan fingerprint density at radius 2 is 2.32 bits per heavy atom. The van der Waals surface area contributed by atoms with Crippen LogP contribution in [-0.2, 0) is 14.8 Å². The summed E-state index contributed by atoms with van der Waals surface area (Å²) in [6.07, 6.45) is 1.79. The van der Waals surface area contributed by atoms with Crippen molar-refractivity contribution in [3.8, 4) is 5.75 Å². The fourth-order valence-corrected chi connectivity index (χ4v) is 3.51. The molecule has 1 aromatic carbocycles. The summed E-state index contributed by atoms with van der Waals surface area (Å²) in [5.74, 6) is 0.517. The van der Waals surface area contributed by atoms with Crippen LogP contribution in [0.3, 0.4) is 0 Å². The van der Waals surface area contributed by atoms with E-state index in [1.165, 1.54) is 19.2 Å². The van der Waals surface area contributed by atoms with Gasteiger partial charge in [-0.15, -0.1) is 0 Å². The zero-order valence-electron chi connectivity index (χ0n) is 10.6. The normalized spacial score (nSPS) is 19.6. The van der Waals surface area contributed by atoms with E-state index in [0.29, 0.717) is 12.4 Å². The van der Waals surface area contributed by atoms with Gasteiger partial charge >= 0.3 is 0 Å². The molecule has 1 atom stereocenters. The minimum Gasteiger partial charge on any atom is -0.497 e. The van der Waals surface area contributed by atoms with Crippen LogP contribution in [0.1, 0.15) is 12.8 Å². The monoisotopic (exact) mass is 305 g/mol. The Bertz CT molecular complexity index is 541. The van der Waals surface area contributed by atoms with Gasteiger partial charge in [-0.05, 0) is 25.0 Å². The van der Waals surface area contributed by atoms with Crippen LogP contribution in [-0.4, -0.2) is 34.8 Å². The molecule has 1 aliphatic heterocycles. The largest absolute Gasteiger partial charge is 0.497 e. The van der Waals surface area contributed by atoms with Crippen molar-refractivity contribution in [2.24, 2.45) is 0 Å². The van der Waals surface area contributed by atoms with E-state index in [-0.39, 0.29) is 22.6 Å². The maximum absolute atomic E-state index is 12.1. The van der Waals surface area contributed by atoms with Crippen LogP contribution in [0.15, 0.2) is 23.1 Å². The van der Waals surface area contributed by atoms with E-state index >= 15 is 0 Å². The smallest absolute Gasteiger partial charge is 0.242 e. The van der Waals surface area contributed by atoms with Crippen LogP contribution < -0.4 is 9.46 Å². The predicted molar refractivity (Wildman–Crippen MR) is 72.2 cm³/mol. The molecule has 1 aliphatic rings. The Labute approximate surface area is 117 Å². The van der Waals surface area contributed by atoms with Gasteiger partial charge in [0.05, 0.1) is 18.2 Å². The highest BCUT2D eigenvalue weighted by molar-refractivity contribution is 7.89. The number of ether oxygens (including phenoxy) is 2. The van der Waals surface area contributed by atoms with E-state index in [1.54, 1.807) is 6.07 Å². The molecule has 106 valence electrons. The molecule has 1 heterocycles. The third kappa shape index (κ3) is 3.60. The zero-order chi connectivity index (χ0) is 13.9. The van der Waals surface area contributed by atoms with Crippen LogP contribution in [0.5, 0.6) is 5.75 Å². The Morgan fingerprint density at radius 1 is 1.53 bits per heavy atom. The number of benzene rings is 1. The van der Waals surface area contributed by atoms with Crippen molar-refractivity contribution in [3.63, 3.8) is 0 Å². The van der Waals surface area contributed by atoms with Gasteiger partial charge in [0.25, 0.3) is 0 Å². The summed E-state index contributed by atoms with van der Waals surface area (Å²) in [5.41, 5.74) is 0. The quantitative estimate of drug-likeness (QED) is 0.901. The molecule has 1 fully saturated rings. The van der Waals surface area contributed by atoms with Gasteiger partial charge in [0.1, 0.15) is 10.6 Å². The first kappa shape index (κ1) is 14.6. The van der Waals surface area contributed by atoms with Gasteiger partial charge in [-0.2, -0.15) is 0 Å². The molecule has 2 rings (SSSR count). The van der Waals surface area contributed by atoms with Gasteiger partial charge in [-0.3, -0.25) is 0 Å². The molecule has 0 saturated carbocycles. The first-order chi connectivity index (χ1) is 9.03. The van der Waals surface area contributed by atoms with Crippen molar-refractivity contribution in [1.82, 2.24) is 4.72 Å². The van der Waals surface area contributed by atoms with Crippen molar-refractivity contribution < 1.29 is 17.9 Å². The zero-order valence-corrected chi connectivity index (χ0v) is 12.1. The van der Waals surface area contributed by atoms with Crippen molar-refractivity contribution in [1.29, 1.82) is 0 Å². The molecule has 0 aromatic heterocycles. The molecule has 0 radical (unpaired) electrons. The van der Waals surface area contributed by atoms with E-state index in [0.717, 1.165) is 12.8 Å². The molecule has 0 spiro atoms. The summed E-state index contributed by atoms with van der Waals surface area (Å²) in [5, 5.41) is 0.138. The van der Waals surface area contributed by atoms with Crippen molar-refractivity contribution >= 4 is 21.6 Å². The highest BCUT2D eigenvalue weighted by Gasteiger charge is 2.22. The highest BCUT2D eigenvalue weighted by Crippen LogP contribution is 2.26. The number of methoxy groups -OCH3 is 1. The van der Waals surface area contributed by atoms with Crippen molar-refractivity contribution in [2.45, 2.75) is 23.8 Å². The maximum atomic E-state index is 12.1. The lowest BCUT2D eigenvalue weighted by atomic mass is 10.2. The summed E-state index contributed by atoms with van der Waals surface area (Å²) in [6.45, 7) is 0.959. The molecular formula is C12H16ClNO4S. The summed E-state index contributed by atoms with van der Waals surface area (Å²) in [6, 6.07) is 4.47. The van der Waals surface area contributed by atoms with Crippen molar-refractivity contribution in [3.05, 3.63) is 23.2 Å². The topological polar surface area (TPSA) is 64.6 Å². The van der Waals surface area contributed by atoms with Crippen LogP contribution in [0.4, 0.5) is 0 Å². The fourth-order valence-electron chi connectivity index (χ4n) is 1.91. The molecule has 1 aromatic rings.